The van der Waals surface area contributed by atoms with Gasteiger partial charge in [0, 0.05) is 32.4 Å². The summed E-state index contributed by atoms with van der Waals surface area (Å²) in [4.78, 5) is 21.0. The molecule has 2 aromatic heterocycles. The summed E-state index contributed by atoms with van der Waals surface area (Å²) in [6.45, 7) is 7.96. The fourth-order valence-corrected chi connectivity index (χ4v) is 2.66. The van der Waals surface area contributed by atoms with Crippen LogP contribution in [0.5, 0.6) is 0 Å². The fraction of sp³-hybridized carbons (Fsp3) is 0.562. The summed E-state index contributed by atoms with van der Waals surface area (Å²) in [5, 5.41) is 6.13. The fourth-order valence-electron chi connectivity index (χ4n) is 2.66. The number of nitrogens with zero attached hydrogens (tertiary/aromatic N) is 3. The van der Waals surface area contributed by atoms with Crippen LogP contribution >= 0.6 is 24.8 Å². The number of fused-ring (bicyclic) bond motifs is 1. The Morgan fingerprint density at radius 3 is 2.92 bits per heavy atom. The molecule has 7 nitrogen and oxygen atoms in total. The summed E-state index contributed by atoms with van der Waals surface area (Å²) in [5.41, 5.74) is 2.08. The molecule has 1 amide bonds. The number of ether oxygens (including phenoxy) is 1. The van der Waals surface area contributed by atoms with Crippen molar-refractivity contribution in [2.24, 2.45) is 5.92 Å². The van der Waals surface area contributed by atoms with E-state index in [4.69, 9.17) is 4.74 Å². The third kappa shape index (κ3) is 5.54. The van der Waals surface area contributed by atoms with Crippen molar-refractivity contribution in [3.63, 3.8) is 0 Å². The molecule has 3 heterocycles. The van der Waals surface area contributed by atoms with E-state index < -0.39 is 0 Å². The molecule has 1 unspecified atom stereocenters. The van der Waals surface area contributed by atoms with E-state index in [1.807, 2.05) is 4.57 Å². The van der Waals surface area contributed by atoms with Gasteiger partial charge in [0.25, 0.3) is 5.91 Å². The van der Waals surface area contributed by atoms with Crippen LogP contribution in [0.1, 0.15) is 24.2 Å². The number of hydrogen-bond donors (Lipinski definition) is 2. The maximum atomic E-state index is 12.3. The molecule has 0 bridgehead atoms. The van der Waals surface area contributed by atoms with Crippen LogP contribution in [0.25, 0.3) is 11.2 Å². The number of imidazole rings is 1. The first-order valence-electron chi connectivity index (χ1n) is 8.05. The van der Waals surface area contributed by atoms with E-state index in [1.54, 1.807) is 18.6 Å². The van der Waals surface area contributed by atoms with Crippen molar-refractivity contribution in [1.82, 2.24) is 25.2 Å². The number of halogens is 2. The number of aromatic nitrogens is 3. The van der Waals surface area contributed by atoms with E-state index in [2.05, 4.69) is 34.4 Å². The molecule has 0 saturated carbocycles. The molecule has 140 valence electrons. The number of hydrogen-bond acceptors (Lipinski definition) is 5. The van der Waals surface area contributed by atoms with Gasteiger partial charge in [0.2, 0.25) is 0 Å². The standard InChI is InChI=1S/C16H23N5O2.2ClH/c1-11(2)9-21-10-20-14-5-12(6-18-15(14)21)16(22)19-8-13-7-17-3-4-23-13;;/h5-6,10-11,13,17H,3-4,7-9H2,1-2H3,(H,19,22);2*1H. The van der Waals surface area contributed by atoms with Crippen molar-refractivity contribution in [2.75, 3.05) is 26.2 Å². The highest BCUT2D eigenvalue weighted by atomic mass is 35.5. The summed E-state index contributed by atoms with van der Waals surface area (Å²) in [6.07, 6.45) is 3.41. The van der Waals surface area contributed by atoms with Gasteiger partial charge in [-0.05, 0) is 12.0 Å². The summed E-state index contributed by atoms with van der Waals surface area (Å²) < 4.78 is 7.58. The monoisotopic (exact) mass is 389 g/mol. The summed E-state index contributed by atoms with van der Waals surface area (Å²) in [7, 11) is 0. The smallest absolute Gasteiger partial charge is 0.253 e. The van der Waals surface area contributed by atoms with E-state index in [-0.39, 0.29) is 36.8 Å². The van der Waals surface area contributed by atoms with Gasteiger partial charge < -0.3 is 19.9 Å². The minimum Gasteiger partial charge on any atom is -0.374 e. The average molecular weight is 390 g/mol. The summed E-state index contributed by atoms with van der Waals surface area (Å²) in [6, 6.07) is 1.79. The lowest BCUT2D eigenvalue weighted by atomic mass is 10.2. The van der Waals surface area contributed by atoms with Crippen molar-refractivity contribution >= 4 is 41.9 Å². The van der Waals surface area contributed by atoms with Crippen LogP contribution in [0.4, 0.5) is 0 Å². The molecule has 1 aliphatic heterocycles. The zero-order valence-corrected chi connectivity index (χ0v) is 16.0. The highest BCUT2D eigenvalue weighted by Crippen LogP contribution is 2.13. The van der Waals surface area contributed by atoms with Gasteiger partial charge in [-0.3, -0.25) is 4.79 Å². The largest absolute Gasteiger partial charge is 0.374 e. The van der Waals surface area contributed by atoms with Gasteiger partial charge in [0.15, 0.2) is 5.65 Å². The second kappa shape index (κ2) is 9.91. The van der Waals surface area contributed by atoms with Crippen LogP contribution in [0.15, 0.2) is 18.6 Å². The Hall–Kier alpha value is -1.41. The van der Waals surface area contributed by atoms with E-state index in [9.17, 15) is 4.79 Å². The predicted molar refractivity (Wildman–Crippen MR) is 102 cm³/mol. The van der Waals surface area contributed by atoms with Crippen LogP contribution in [0.2, 0.25) is 0 Å². The van der Waals surface area contributed by atoms with E-state index in [0.717, 1.165) is 30.8 Å². The lowest BCUT2D eigenvalue weighted by Crippen LogP contribution is -2.45. The molecule has 25 heavy (non-hydrogen) atoms. The van der Waals surface area contributed by atoms with Gasteiger partial charge in [-0.15, -0.1) is 24.8 Å². The molecule has 2 N–H and O–H groups in total. The third-order valence-electron chi connectivity index (χ3n) is 3.77. The number of nitrogens with one attached hydrogen (secondary N) is 2. The quantitative estimate of drug-likeness (QED) is 0.812. The van der Waals surface area contributed by atoms with Gasteiger partial charge in [-0.25, -0.2) is 9.97 Å². The number of morpholine rings is 1. The van der Waals surface area contributed by atoms with Crippen LogP contribution < -0.4 is 10.6 Å². The molecule has 0 aliphatic carbocycles. The topological polar surface area (TPSA) is 81.1 Å². The van der Waals surface area contributed by atoms with E-state index in [1.165, 1.54) is 0 Å². The first-order valence-corrected chi connectivity index (χ1v) is 8.05. The second-order valence-corrected chi connectivity index (χ2v) is 6.26. The molecule has 1 saturated heterocycles. The first-order chi connectivity index (χ1) is 11.1. The lowest BCUT2D eigenvalue weighted by molar-refractivity contribution is 0.0287. The Kier molecular flexibility index (Phi) is 8.58. The van der Waals surface area contributed by atoms with Crippen molar-refractivity contribution in [3.8, 4) is 0 Å². The lowest BCUT2D eigenvalue weighted by Gasteiger charge is -2.23. The van der Waals surface area contributed by atoms with Gasteiger partial charge in [0.05, 0.1) is 24.6 Å². The van der Waals surface area contributed by atoms with Crippen molar-refractivity contribution in [2.45, 2.75) is 26.5 Å². The zero-order valence-electron chi connectivity index (χ0n) is 14.4. The van der Waals surface area contributed by atoms with E-state index >= 15 is 0 Å². The van der Waals surface area contributed by atoms with Crippen molar-refractivity contribution < 1.29 is 9.53 Å². The molecule has 0 radical (unpaired) electrons. The van der Waals surface area contributed by atoms with Crippen molar-refractivity contribution in [1.29, 1.82) is 0 Å². The Balaban J connectivity index is 0.00000156. The van der Waals surface area contributed by atoms with Gasteiger partial charge in [0.1, 0.15) is 5.52 Å². The minimum absolute atomic E-state index is 0. The highest BCUT2D eigenvalue weighted by molar-refractivity contribution is 5.96. The zero-order chi connectivity index (χ0) is 16.2. The number of amides is 1. The number of carbonyl (C=O) groups excluding carboxylic acids is 1. The van der Waals surface area contributed by atoms with Gasteiger partial charge in [-0.1, -0.05) is 13.8 Å². The number of rotatable bonds is 5. The molecule has 3 rings (SSSR count). The molecule has 0 aromatic carbocycles. The number of pyridine rings is 1. The molecular weight excluding hydrogens is 365 g/mol. The molecule has 0 spiro atoms. The molecule has 1 atom stereocenters. The third-order valence-corrected chi connectivity index (χ3v) is 3.77. The molecule has 2 aromatic rings. The minimum atomic E-state index is -0.146. The molecular formula is C16H25Cl2N5O2. The maximum Gasteiger partial charge on any atom is 0.253 e. The average Bonchev–Trinajstić information content (AvgIpc) is 2.95. The Labute approximate surface area is 159 Å². The Morgan fingerprint density at radius 2 is 2.24 bits per heavy atom. The van der Waals surface area contributed by atoms with Crippen LogP contribution in [-0.4, -0.2) is 52.8 Å². The van der Waals surface area contributed by atoms with E-state index in [0.29, 0.717) is 24.6 Å². The highest BCUT2D eigenvalue weighted by Gasteiger charge is 2.16. The molecule has 1 aliphatic rings. The maximum absolute atomic E-state index is 12.3. The predicted octanol–water partition coefficient (Wildman–Crippen LogP) is 1.65. The Morgan fingerprint density at radius 1 is 1.44 bits per heavy atom. The molecule has 9 heteroatoms. The second-order valence-electron chi connectivity index (χ2n) is 6.26. The summed E-state index contributed by atoms with van der Waals surface area (Å²) >= 11 is 0. The summed E-state index contributed by atoms with van der Waals surface area (Å²) in [5.74, 6) is 0.369. The van der Waals surface area contributed by atoms with Crippen molar-refractivity contribution in [3.05, 3.63) is 24.2 Å². The Bertz CT molecular complexity index is 686. The SMILES string of the molecule is CC(C)Cn1cnc2cc(C(=O)NCC3CNCCO3)cnc21.Cl.Cl. The first kappa shape index (κ1) is 21.6. The van der Waals surface area contributed by atoms with Crippen LogP contribution in [0, 0.1) is 5.92 Å². The number of carbonyl (C=O) groups is 1. The molecule has 1 fully saturated rings. The van der Waals surface area contributed by atoms with Gasteiger partial charge in [-0.2, -0.15) is 0 Å². The van der Waals surface area contributed by atoms with Crippen LogP contribution in [0.3, 0.4) is 0 Å². The van der Waals surface area contributed by atoms with Gasteiger partial charge >= 0.3 is 0 Å². The normalized spacial score (nSPS) is 17.0. The van der Waals surface area contributed by atoms with Crippen LogP contribution in [-0.2, 0) is 11.3 Å².